The average molecular weight is 321 g/mol. The van der Waals surface area contributed by atoms with E-state index in [9.17, 15) is 4.79 Å². The summed E-state index contributed by atoms with van der Waals surface area (Å²) in [4.78, 5) is 15.3. The third-order valence-corrected chi connectivity index (χ3v) is 5.14. The number of rotatable bonds is 2. The van der Waals surface area contributed by atoms with Crippen molar-refractivity contribution >= 4 is 5.91 Å². The van der Waals surface area contributed by atoms with Crippen molar-refractivity contribution in [1.82, 2.24) is 4.90 Å². The molecule has 0 aromatic heterocycles. The summed E-state index contributed by atoms with van der Waals surface area (Å²) < 4.78 is 5.96. The van der Waals surface area contributed by atoms with Crippen LogP contribution in [0.15, 0.2) is 54.6 Å². The van der Waals surface area contributed by atoms with Crippen molar-refractivity contribution in [3.63, 3.8) is 0 Å². The van der Waals surface area contributed by atoms with Crippen molar-refractivity contribution in [1.29, 1.82) is 0 Å². The van der Waals surface area contributed by atoms with E-state index >= 15 is 0 Å². The lowest BCUT2D eigenvalue weighted by Gasteiger charge is -2.32. The van der Waals surface area contributed by atoms with Gasteiger partial charge in [0.25, 0.3) is 5.91 Å². The van der Waals surface area contributed by atoms with Gasteiger partial charge in [0.15, 0.2) is 6.10 Å². The van der Waals surface area contributed by atoms with E-state index in [0.29, 0.717) is 6.42 Å². The van der Waals surface area contributed by atoms with Crippen molar-refractivity contribution in [3.8, 4) is 5.75 Å². The summed E-state index contributed by atoms with van der Waals surface area (Å²) in [6.07, 6.45) is 4.80. The van der Waals surface area contributed by atoms with Gasteiger partial charge in [0.2, 0.25) is 0 Å². The highest BCUT2D eigenvalue weighted by Gasteiger charge is 2.36. The molecule has 2 aromatic carbocycles. The third kappa shape index (κ3) is 2.91. The minimum absolute atomic E-state index is 0.141. The minimum atomic E-state index is -0.369. The number of ether oxygens (including phenoxy) is 1. The zero-order chi connectivity index (χ0) is 16.4. The molecule has 4 rings (SSSR count). The Labute approximate surface area is 143 Å². The molecule has 3 nitrogen and oxygen atoms in total. The third-order valence-electron chi connectivity index (χ3n) is 5.14. The van der Waals surface area contributed by atoms with Crippen LogP contribution in [0.3, 0.4) is 0 Å². The second-order valence-corrected chi connectivity index (χ2v) is 6.73. The Hall–Kier alpha value is -2.29. The van der Waals surface area contributed by atoms with Crippen molar-refractivity contribution < 1.29 is 9.53 Å². The second-order valence-electron chi connectivity index (χ2n) is 6.73. The molecule has 0 radical (unpaired) electrons. The molecule has 0 N–H and O–H groups in total. The van der Waals surface area contributed by atoms with E-state index in [0.717, 1.165) is 30.7 Å². The highest BCUT2D eigenvalue weighted by atomic mass is 16.5. The number of carbonyl (C=O) groups excluding carboxylic acids is 1. The molecule has 2 aliphatic heterocycles. The molecule has 2 atom stereocenters. The van der Waals surface area contributed by atoms with Crippen LogP contribution < -0.4 is 4.74 Å². The number of para-hydroxylation sites is 1. The number of benzene rings is 2. The van der Waals surface area contributed by atoms with Gasteiger partial charge < -0.3 is 9.64 Å². The lowest BCUT2D eigenvalue weighted by molar-refractivity contribution is -0.140. The highest BCUT2D eigenvalue weighted by Crippen LogP contribution is 2.34. The van der Waals surface area contributed by atoms with Gasteiger partial charge in [-0.2, -0.15) is 0 Å². The average Bonchev–Trinajstić information content (AvgIpc) is 2.91. The molecule has 0 aliphatic carbocycles. The lowest BCUT2D eigenvalue weighted by atomic mass is 10.00. The fourth-order valence-corrected chi connectivity index (χ4v) is 3.90. The molecule has 0 saturated carbocycles. The van der Waals surface area contributed by atoms with Crippen LogP contribution >= 0.6 is 0 Å². The van der Waals surface area contributed by atoms with E-state index in [4.69, 9.17) is 4.74 Å². The molecule has 0 bridgehead atoms. The van der Waals surface area contributed by atoms with Crippen LogP contribution in [0.4, 0.5) is 0 Å². The Morgan fingerprint density at radius 1 is 0.958 bits per heavy atom. The van der Waals surface area contributed by atoms with Crippen molar-refractivity contribution in [3.05, 3.63) is 65.7 Å². The van der Waals surface area contributed by atoms with Crippen molar-refractivity contribution in [2.24, 2.45) is 0 Å². The van der Waals surface area contributed by atoms with Gasteiger partial charge in [-0.1, -0.05) is 61.4 Å². The Balaban J connectivity index is 1.57. The molecule has 1 amide bonds. The molecule has 2 heterocycles. The van der Waals surface area contributed by atoms with Crippen LogP contribution in [0.25, 0.3) is 0 Å². The summed E-state index contributed by atoms with van der Waals surface area (Å²) in [6, 6.07) is 18.6. The monoisotopic (exact) mass is 321 g/mol. The summed E-state index contributed by atoms with van der Waals surface area (Å²) in [7, 11) is 0. The normalized spacial score (nSPS) is 23.2. The van der Waals surface area contributed by atoms with Gasteiger partial charge in [-0.05, 0) is 30.0 Å². The van der Waals surface area contributed by atoms with Gasteiger partial charge in [-0.3, -0.25) is 4.79 Å². The van der Waals surface area contributed by atoms with Gasteiger partial charge in [-0.15, -0.1) is 0 Å². The first-order valence-electron chi connectivity index (χ1n) is 8.93. The number of likely N-dealkylation sites (tertiary alicyclic amines) is 1. The van der Waals surface area contributed by atoms with E-state index in [2.05, 4.69) is 35.2 Å². The highest BCUT2D eigenvalue weighted by molar-refractivity contribution is 5.83. The number of hydrogen-bond donors (Lipinski definition) is 0. The van der Waals surface area contributed by atoms with Gasteiger partial charge >= 0.3 is 0 Å². The van der Waals surface area contributed by atoms with E-state index in [-0.39, 0.29) is 18.1 Å². The first-order valence-corrected chi connectivity index (χ1v) is 8.93. The van der Waals surface area contributed by atoms with E-state index in [1.54, 1.807) is 0 Å². The van der Waals surface area contributed by atoms with Crippen LogP contribution in [0.5, 0.6) is 5.75 Å². The quantitative estimate of drug-likeness (QED) is 0.832. The van der Waals surface area contributed by atoms with Crippen LogP contribution in [0.1, 0.15) is 42.9 Å². The molecule has 24 heavy (non-hydrogen) atoms. The smallest absolute Gasteiger partial charge is 0.264 e. The Kier molecular flexibility index (Phi) is 4.24. The molecule has 2 aromatic rings. The molecule has 1 fully saturated rings. The van der Waals surface area contributed by atoms with Gasteiger partial charge in [0.1, 0.15) is 5.75 Å². The number of fused-ring (bicyclic) bond motifs is 1. The predicted molar refractivity (Wildman–Crippen MR) is 93.9 cm³/mol. The van der Waals surface area contributed by atoms with Gasteiger partial charge in [0, 0.05) is 13.0 Å². The summed E-state index contributed by atoms with van der Waals surface area (Å²) in [6.45, 7) is 0.828. The van der Waals surface area contributed by atoms with E-state index in [1.165, 1.54) is 18.4 Å². The fourth-order valence-electron chi connectivity index (χ4n) is 3.90. The topological polar surface area (TPSA) is 29.5 Å². The Bertz CT molecular complexity index is 688. The number of nitrogens with zero attached hydrogens (tertiary/aromatic N) is 1. The molecular weight excluding hydrogens is 298 g/mol. The molecule has 3 heteroatoms. The molecule has 0 spiro atoms. The maximum Gasteiger partial charge on any atom is 0.264 e. The summed E-state index contributed by atoms with van der Waals surface area (Å²) in [5, 5.41) is 0. The number of amides is 1. The minimum Gasteiger partial charge on any atom is -0.480 e. The Morgan fingerprint density at radius 2 is 1.75 bits per heavy atom. The predicted octanol–water partition coefficient (Wildman–Crippen LogP) is 4.13. The lowest BCUT2D eigenvalue weighted by Crippen LogP contribution is -2.43. The molecule has 2 unspecified atom stereocenters. The van der Waals surface area contributed by atoms with Gasteiger partial charge in [-0.25, -0.2) is 0 Å². The Morgan fingerprint density at radius 3 is 2.58 bits per heavy atom. The van der Waals surface area contributed by atoms with Crippen molar-refractivity contribution in [2.75, 3.05) is 6.54 Å². The molecule has 2 aliphatic rings. The number of hydrogen-bond acceptors (Lipinski definition) is 2. The van der Waals surface area contributed by atoms with Crippen LogP contribution in [0, 0.1) is 0 Å². The van der Waals surface area contributed by atoms with Crippen molar-refractivity contribution in [2.45, 2.75) is 44.2 Å². The molecule has 1 saturated heterocycles. The van der Waals surface area contributed by atoms with Crippen LogP contribution in [-0.4, -0.2) is 23.5 Å². The SMILES string of the molecule is O=C(C1Cc2ccccc2O1)N1CCCCCC1c1ccccc1. The summed E-state index contributed by atoms with van der Waals surface area (Å²) >= 11 is 0. The summed E-state index contributed by atoms with van der Waals surface area (Å²) in [5.41, 5.74) is 2.38. The molecular formula is C21H23NO2. The van der Waals surface area contributed by atoms with Crippen LogP contribution in [0.2, 0.25) is 0 Å². The largest absolute Gasteiger partial charge is 0.480 e. The second kappa shape index (κ2) is 6.68. The van der Waals surface area contributed by atoms with Gasteiger partial charge in [0.05, 0.1) is 6.04 Å². The zero-order valence-corrected chi connectivity index (χ0v) is 13.9. The van der Waals surface area contributed by atoms with E-state index in [1.807, 2.05) is 24.3 Å². The first kappa shape index (κ1) is 15.3. The van der Waals surface area contributed by atoms with Crippen LogP contribution in [-0.2, 0) is 11.2 Å². The summed E-state index contributed by atoms with van der Waals surface area (Å²) in [5.74, 6) is 1.00. The maximum absolute atomic E-state index is 13.2. The molecule has 124 valence electrons. The first-order chi connectivity index (χ1) is 11.8. The number of carbonyl (C=O) groups is 1. The standard InChI is InChI=1S/C21H23NO2/c23-21(20-15-17-11-6-7-13-19(17)24-20)22-14-8-2-5-12-18(22)16-9-3-1-4-10-16/h1,3-4,6-7,9-11,13,18,20H,2,5,8,12,14-15H2. The van der Waals surface area contributed by atoms with E-state index < -0.39 is 0 Å². The zero-order valence-electron chi connectivity index (χ0n) is 13.9. The maximum atomic E-state index is 13.2. The fraction of sp³-hybridized carbons (Fsp3) is 0.381.